The normalized spacial score (nSPS) is 19.8. The first kappa shape index (κ1) is 20.8. The minimum atomic E-state index is -3.51. The molecule has 28 heavy (non-hydrogen) atoms. The van der Waals surface area contributed by atoms with Gasteiger partial charge in [-0.15, -0.1) is 0 Å². The molecule has 0 amide bonds. The number of thioether (sulfide) groups is 1. The van der Waals surface area contributed by atoms with E-state index in [0.717, 1.165) is 10.4 Å². The highest BCUT2D eigenvalue weighted by atomic mass is 32.2. The highest BCUT2D eigenvalue weighted by Crippen LogP contribution is 2.43. The van der Waals surface area contributed by atoms with Gasteiger partial charge in [-0.3, -0.25) is 4.90 Å². The van der Waals surface area contributed by atoms with Crippen LogP contribution in [0.25, 0.3) is 0 Å². The van der Waals surface area contributed by atoms with Gasteiger partial charge >= 0.3 is 0 Å². The van der Waals surface area contributed by atoms with E-state index in [1.165, 1.54) is 37.2 Å². The third-order valence-electron chi connectivity index (χ3n) is 4.42. The molecule has 1 atom stereocenters. The summed E-state index contributed by atoms with van der Waals surface area (Å²) in [6.07, 6.45) is 0.931. The molecule has 6 nitrogen and oxygen atoms in total. The number of thiocarbonyl (C=S) groups is 1. The van der Waals surface area contributed by atoms with E-state index in [4.69, 9.17) is 12.2 Å². The van der Waals surface area contributed by atoms with Crippen molar-refractivity contribution in [3.05, 3.63) is 65.4 Å². The van der Waals surface area contributed by atoms with E-state index >= 15 is 0 Å². The number of anilines is 1. The average Bonchev–Trinajstić information content (AvgIpc) is 2.91. The Kier molecular flexibility index (Phi) is 5.81. The molecule has 0 spiro atoms. The Morgan fingerprint density at radius 2 is 1.79 bits per heavy atom. The Hall–Kier alpha value is -1.94. The first-order chi connectivity index (χ1) is 13.2. The van der Waals surface area contributed by atoms with Gasteiger partial charge in [-0.05, 0) is 57.3 Å². The Morgan fingerprint density at radius 3 is 2.36 bits per heavy atom. The lowest BCUT2D eigenvalue weighted by atomic mass is 10.1. The molecule has 2 aromatic carbocycles. The first-order valence-electron chi connectivity index (χ1n) is 8.57. The lowest BCUT2D eigenvalue weighted by Gasteiger charge is -2.29. The molecule has 1 heterocycles. The van der Waals surface area contributed by atoms with Crippen LogP contribution < -0.4 is 9.62 Å². The number of nitrogens with zero attached hydrogens (tertiary/aromatic N) is 2. The summed E-state index contributed by atoms with van der Waals surface area (Å²) in [5.41, 5.74) is 1.47. The lowest BCUT2D eigenvalue weighted by molar-refractivity contribution is -0.497. The molecular weight excluding hydrogens is 414 g/mol. The van der Waals surface area contributed by atoms with Crippen molar-refractivity contribution in [2.75, 3.05) is 11.9 Å². The fourth-order valence-electron chi connectivity index (χ4n) is 3.06. The third-order valence-corrected chi connectivity index (χ3v) is 7.41. The smallest absolute Gasteiger partial charge is 0.258 e. The molecule has 1 N–H and O–H groups in total. The summed E-state index contributed by atoms with van der Waals surface area (Å²) < 4.78 is 27.1. The van der Waals surface area contributed by atoms with E-state index < -0.39 is 20.9 Å². The molecule has 0 bridgehead atoms. The van der Waals surface area contributed by atoms with Gasteiger partial charge in [0.1, 0.15) is 9.07 Å². The quantitative estimate of drug-likeness (QED) is 0.256. The molecule has 0 unspecified atom stereocenters. The fraction of sp³-hybridized carbons (Fsp3) is 0.263. The minimum Gasteiger partial charge on any atom is -0.622 e. The molecule has 9 heteroatoms. The molecule has 0 aromatic heterocycles. The first-order valence-corrected chi connectivity index (χ1v) is 11.3. The van der Waals surface area contributed by atoms with Crippen molar-refractivity contribution < 1.29 is 13.2 Å². The summed E-state index contributed by atoms with van der Waals surface area (Å²) in [6.45, 7) is 3.97. The molecule has 1 fully saturated rings. The standard InChI is InChI=1S/C19H21N3O3S3/c1-19(2)17(22(18(26)27-19)15-7-5-4-6-8-15)21(23)13-14-9-11-16(12-10-14)28(24,25)20-3/h4-13,17,20H,1-3H3/b21-13-/t17-/m1/s1. The van der Waals surface area contributed by atoms with Crippen LogP contribution in [0.5, 0.6) is 0 Å². The van der Waals surface area contributed by atoms with Crippen molar-refractivity contribution in [3.63, 3.8) is 0 Å². The second-order valence-electron chi connectivity index (χ2n) is 6.82. The zero-order chi connectivity index (χ0) is 20.5. The van der Waals surface area contributed by atoms with Crippen LogP contribution in [0.15, 0.2) is 59.5 Å². The topological polar surface area (TPSA) is 75.5 Å². The van der Waals surface area contributed by atoms with Gasteiger partial charge in [0.05, 0.1) is 4.90 Å². The van der Waals surface area contributed by atoms with Gasteiger partial charge in [-0.25, -0.2) is 13.1 Å². The van der Waals surface area contributed by atoms with Crippen LogP contribution in [0.1, 0.15) is 19.4 Å². The van der Waals surface area contributed by atoms with Gasteiger partial charge in [-0.1, -0.05) is 42.2 Å². The van der Waals surface area contributed by atoms with E-state index in [2.05, 4.69) is 4.72 Å². The predicted molar refractivity (Wildman–Crippen MR) is 118 cm³/mol. The van der Waals surface area contributed by atoms with Crippen LogP contribution >= 0.6 is 24.0 Å². The highest BCUT2D eigenvalue weighted by Gasteiger charge is 2.51. The van der Waals surface area contributed by atoms with Crippen LogP contribution in [0.2, 0.25) is 0 Å². The summed E-state index contributed by atoms with van der Waals surface area (Å²) in [5.74, 6) is 0. The number of hydrogen-bond donors (Lipinski definition) is 1. The monoisotopic (exact) mass is 435 g/mol. The van der Waals surface area contributed by atoms with Crippen molar-refractivity contribution in [1.29, 1.82) is 0 Å². The SMILES string of the molecule is CNS(=O)(=O)c1ccc(/C=[N+](\[O-])[C@@H]2N(c3ccccc3)C(=S)SC2(C)C)cc1. The summed E-state index contributed by atoms with van der Waals surface area (Å²) in [7, 11) is -2.16. The van der Waals surface area contributed by atoms with Gasteiger partial charge in [0.2, 0.25) is 10.0 Å². The predicted octanol–water partition coefficient (Wildman–Crippen LogP) is 3.17. The van der Waals surface area contributed by atoms with Crippen LogP contribution in [0, 0.1) is 5.21 Å². The van der Waals surface area contributed by atoms with E-state index in [0.29, 0.717) is 9.88 Å². The number of hydrogen-bond acceptors (Lipinski definition) is 5. The molecular formula is C19H21N3O3S3. The van der Waals surface area contributed by atoms with Crippen molar-refractivity contribution in [2.24, 2.45) is 0 Å². The van der Waals surface area contributed by atoms with E-state index in [-0.39, 0.29) is 4.90 Å². The number of benzene rings is 2. The zero-order valence-corrected chi connectivity index (χ0v) is 18.1. The van der Waals surface area contributed by atoms with E-state index in [1.54, 1.807) is 12.1 Å². The Bertz CT molecular complexity index is 1000. The summed E-state index contributed by atoms with van der Waals surface area (Å²) >= 11 is 7.03. The van der Waals surface area contributed by atoms with Crippen LogP contribution in [-0.2, 0) is 10.0 Å². The molecule has 1 aliphatic rings. The largest absolute Gasteiger partial charge is 0.622 e. The van der Waals surface area contributed by atoms with Crippen molar-refractivity contribution >= 4 is 50.2 Å². The van der Waals surface area contributed by atoms with Gasteiger partial charge in [-0.2, -0.15) is 4.74 Å². The molecule has 1 aliphatic heterocycles. The summed E-state index contributed by atoms with van der Waals surface area (Å²) in [5, 5.41) is 13.1. The van der Waals surface area contributed by atoms with Crippen molar-refractivity contribution in [1.82, 2.24) is 4.72 Å². The van der Waals surface area contributed by atoms with Crippen LogP contribution in [-0.4, -0.2) is 41.7 Å². The molecule has 0 aliphatic carbocycles. The number of para-hydroxylation sites is 1. The second-order valence-corrected chi connectivity index (χ2v) is 11.0. The molecule has 0 radical (unpaired) electrons. The van der Waals surface area contributed by atoms with Crippen molar-refractivity contribution in [2.45, 2.75) is 29.7 Å². The molecule has 148 valence electrons. The maximum absolute atomic E-state index is 13.1. The van der Waals surface area contributed by atoms with Gasteiger partial charge in [0.25, 0.3) is 6.17 Å². The Balaban J connectivity index is 1.96. The minimum absolute atomic E-state index is 0.147. The molecule has 3 rings (SSSR count). The molecule has 0 saturated carbocycles. The van der Waals surface area contributed by atoms with Gasteiger partial charge in [0, 0.05) is 11.3 Å². The average molecular weight is 436 g/mol. The van der Waals surface area contributed by atoms with Crippen LogP contribution in [0.4, 0.5) is 5.69 Å². The third kappa shape index (κ3) is 4.07. The fourth-order valence-corrected chi connectivity index (χ4v) is 5.71. The van der Waals surface area contributed by atoms with Crippen LogP contribution in [0.3, 0.4) is 0 Å². The van der Waals surface area contributed by atoms with E-state index in [9.17, 15) is 13.6 Å². The lowest BCUT2D eigenvalue weighted by Crippen LogP contribution is -2.48. The number of nitrogens with one attached hydrogen (secondary N) is 1. The van der Waals surface area contributed by atoms with Gasteiger partial charge < -0.3 is 5.21 Å². The number of hydroxylamine groups is 1. The molecule has 1 saturated heterocycles. The van der Waals surface area contributed by atoms with E-state index in [1.807, 2.05) is 49.1 Å². The number of rotatable bonds is 5. The molecule has 2 aromatic rings. The summed E-state index contributed by atoms with van der Waals surface area (Å²) in [4.78, 5) is 2.01. The van der Waals surface area contributed by atoms with Crippen molar-refractivity contribution in [3.8, 4) is 0 Å². The maximum atomic E-state index is 13.1. The highest BCUT2D eigenvalue weighted by molar-refractivity contribution is 8.24. The second kappa shape index (κ2) is 7.82. The number of sulfonamides is 1. The maximum Gasteiger partial charge on any atom is 0.258 e. The Labute approximate surface area is 174 Å². The zero-order valence-electron chi connectivity index (χ0n) is 15.7. The summed E-state index contributed by atoms with van der Waals surface area (Å²) in [6, 6.07) is 15.7. The Morgan fingerprint density at radius 1 is 1.18 bits per heavy atom. The van der Waals surface area contributed by atoms with Gasteiger partial charge in [0.15, 0.2) is 6.21 Å².